The van der Waals surface area contributed by atoms with E-state index in [2.05, 4.69) is 15.4 Å². The molecule has 14 heteroatoms. The Bertz CT molecular complexity index is 1480. The monoisotopic (exact) mass is 571 g/mol. The van der Waals surface area contributed by atoms with Crippen LogP contribution in [0.5, 0.6) is 0 Å². The number of hydrogen-bond acceptors (Lipinski definition) is 6. The summed E-state index contributed by atoms with van der Waals surface area (Å²) in [6.45, 7) is 1.51. The predicted octanol–water partition coefficient (Wildman–Crippen LogP) is 3.27. The minimum absolute atomic E-state index is 0.111. The first-order valence-corrected chi connectivity index (χ1v) is 13.4. The Morgan fingerprint density at radius 2 is 1.79 bits per heavy atom. The van der Waals surface area contributed by atoms with Gasteiger partial charge in [0.2, 0.25) is 5.91 Å². The summed E-state index contributed by atoms with van der Waals surface area (Å²) in [5, 5.41) is 3.68. The highest BCUT2D eigenvalue weighted by Crippen LogP contribution is 2.75. The fourth-order valence-electron chi connectivity index (χ4n) is 5.63. The highest BCUT2D eigenvalue weighted by Gasteiger charge is 2.85. The molecule has 3 aliphatic rings. The molecule has 5 atom stereocenters. The van der Waals surface area contributed by atoms with Crippen molar-refractivity contribution in [3.8, 4) is 0 Å². The molecule has 4 unspecified atom stereocenters. The van der Waals surface area contributed by atoms with Crippen LogP contribution in [0.1, 0.15) is 30.1 Å². The fraction of sp³-hybridized carbons (Fsp3) is 0.375. The first-order chi connectivity index (χ1) is 17.8. The first-order valence-electron chi connectivity index (χ1n) is 11.5. The normalized spacial score (nSPS) is 25.6. The third-order valence-electron chi connectivity index (χ3n) is 7.60. The van der Waals surface area contributed by atoms with Gasteiger partial charge < -0.3 is 20.3 Å². The number of anilines is 1. The molecule has 38 heavy (non-hydrogen) atoms. The largest absolute Gasteiger partial charge is 0.453 e. The number of piperidine rings is 1. The van der Waals surface area contributed by atoms with Gasteiger partial charge in [0.25, 0.3) is 5.91 Å². The van der Waals surface area contributed by atoms with Crippen molar-refractivity contribution < 1.29 is 40.7 Å². The molecule has 3 amide bonds. The van der Waals surface area contributed by atoms with Crippen molar-refractivity contribution in [2.45, 2.75) is 48.0 Å². The molecule has 202 valence electrons. The number of hydrogen-bond donors (Lipinski definition) is 2. The molecule has 0 aromatic heterocycles. The van der Waals surface area contributed by atoms with Crippen LogP contribution in [0.3, 0.4) is 0 Å². The number of alkyl carbamates (subject to hydrolysis) is 1. The van der Waals surface area contributed by atoms with Gasteiger partial charge in [-0.05, 0) is 38.0 Å². The quantitative estimate of drug-likeness (QED) is 0.513. The smallest absolute Gasteiger partial charge is 0.407 e. The zero-order chi connectivity index (χ0) is 27.7. The number of halogens is 4. The Morgan fingerprint density at radius 1 is 1.13 bits per heavy atom. The molecule has 2 saturated carbocycles. The molecule has 2 aromatic rings. The van der Waals surface area contributed by atoms with E-state index in [1.54, 1.807) is 4.90 Å². The average molecular weight is 572 g/mol. The number of rotatable bonds is 6. The first kappa shape index (κ1) is 26.3. The lowest BCUT2D eigenvalue weighted by Gasteiger charge is -2.59. The molecule has 1 heterocycles. The van der Waals surface area contributed by atoms with Crippen LogP contribution in [0.4, 0.5) is 23.7 Å². The summed E-state index contributed by atoms with van der Waals surface area (Å²) in [6, 6.07) is 3.31. The van der Waals surface area contributed by atoms with E-state index in [0.29, 0.717) is 18.6 Å². The SMILES string of the molecule is COC(=O)N[C@@H](C)C(=O)N1C2CC(S(=O)(=O)c3cc(C(=O)Nc4cc(F)c(F)c(F)c4)ccc3Cl)C23CC13. The lowest BCUT2D eigenvalue weighted by molar-refractivity contribution is -0.154. The highest BCUT2D eigenvalue weighted by atomic mass is 35.5. The Kier molecular flexibility index (Phi) is 6.14. The maximum atomic E-state index is 13.6. The van der Waals surface area contributed by atoms with Gasteiger partial charge in [0.15, 0.2) is 27.3 Å². The van der Waals surface area contributed by atoms with E-state index in [1.807, 2.05) is 0 Å². The lowest BCUT2D eigenvalue weighted by Crippen LogP contribution is -2.73. The highest BCUT2D eigenvalue weighted by molar-refractivity contribution is 7.92. The van der Waals surface area contributed by atoms with Crippen LogP contribution in [0.15, 0.2) is 35.2 Å². The van der Waals surface area contributed by atoms with Crippen LogP contribution >= 0.6 is 11.6 Å². The predicted molar refractivity (Wildman–Crippen MR) is 128 cm³/mol. The summed E-state index contributed by atoms with van der Waals surface area (Å²) >= 11 is 6.21. The van der Waals surface area contributed by atoms with Crippen LogP contribution in [0, 0.1) is 22.9 Å². The van der Waals surface area contributed by atoms with Crippen molar-refractivity contribution >= 4 is 45.0 Å². The number of nitrogens with zero attached hydrogens (tertiary/aromatic N) is 1. The molecule has 3 fully saturated rings. The number of nitrogens with one attached hydrogen (secondary N) is 2. The van der Waals surface area contributed by atoms with Gasteiger partial charge in [-0.2, -0.15) is 0 Å². The summed E-state index contributed by atoms with van der Waals surface area (Å²) in [4.78, 5) is 38.2. The second-order valence-corrected chi connectivity index (χ2v) is 12.1. The molecule has 0 bridgehead atoms. The molecular formula is C24H21ClF3N3O6S. The molecule has 1 aliphatic heterocycles. The van der Waals surface area contributed by atoms with Crippen LogP contribution in [-0.2, 0) is 19.4 Å². The summed E-state index contributed by atoms with van der Waals surface area (Å²) in [7, 11) is -2.85. The van der Waals surface area contributed by atoms with Gasteiger partial charge in [0.1, 0.15) is 6.04 Å². The minimum Gasteiger partial charge on any atom is -0.453 e. The number of amides is 3. The van der Waals surface area contributed by atoms with Crippen molar-refractivity contribution in [2.24, 2.45) is 5.41 Å². The summed E-state index contributed by atoms with van der Waals surface area (Å²) in [6.07, 6.45) is -0.107. The van der Waals surface area contributed by atoms with E-state index in [0.717, 1.165) is 6.07 Å². The van der Waals surface area contributed by atoms with E-state index in [-0.39, 0.29) is 45.6 Å². The van der Waals surface area contributed by atoms with E-state index in [1.165, 1.54) is 26.2 Å². The van der Waals surface area contributed by atoms with Gasteiger partial charge >= 0.3 is 6.09 Å². The number of sulfone groups is 1. The number of likely N-dealkylation sites (tertiary alicyclic amines) is 1. The molecule has 9 nitrogen and oxygen atoms in total. The van der Waals surface area contributed by atoms with Crippen LogP contribution in [0.25, 0.3) is 0 Å². The zero-order valence-electron chi connectivity index (χ0n) is 19.9. The number of carbonyl (C=O) groups is 3. The molecule has 5 rings (SSSR count). The molecule has 2 N–H and O–H groups in total. The molecule has 2 aliphatic carbocycles. The zero-order valence-corrected chi connectivity index (χ0v) is 21.5. The van der Waals surface area contributed by atoms with Crippen molar-refractivity contribution in [1.29, 1.82) is 0 Å². The fourth-order valence-corrected chi connectivity index (χ4v) is 8.43. The van der Waals surface area contributed by atoms with Crippen LogP contribution < -0.4 is 10.6 Å². The van der Waals surface area contributed by atoms with Gasteiger partial charge in [-0.15, -0.1) is 0 Å². The Balaban J connectivity index is 1.32. The minimum atomic E-state index is -4.03. The third-order valence-corrected chi connectivity index (χ3v) is 10.4. The molecular weight excluding hydrogens is 551 g/mol. The van der Waals surface area contributed by atoms with Gasteiger partial charge in [0.05, 0.1) is 22.3 Å². The number of carbonyl (C=O) groups excluding carboxylic acids is 3. The lowest BCUT2D eigenvalue weighted by atomic mass is 9.68. The summed E-state index contributed by atoms with van der Waals surface area (Å²) < 4.78 is 71.9. The maximum Gasteiger partial charge on any atom is 0.407 e. The molecule has 1 spiro atoms. The van der Waals surface area contributed by atoms with Gasteiger partial charge in [-0.1, -0.05) is 11.6 Å². The molecule has 0 radical (unpaired) electrons. The van der Waals surface area contributed by atoms with Crippen molar-refractivity contribution in [3.63, 3.8) is 0 Å². The number of methoxy groups -OCH3 is 1. The Hall–Kier alpha value is -3.32. The van der Waals surface area contributed by atoms with Crippen molar-refractivity contribution in [2.75, 3.05) is 12.4 Å². The van der Waals surface area contributed by atoms with Gasteiger partial charge in [-0.3, -0.25) is 9.59 Å². The average Bonchev–Trinajstić information content (AvgIpc) is 3.58. The number of ether oxygens (including phenoxy) is 1. The maximum absolute atomic E-state index is 13.6. The van der Waals surface area contributed by atoms with Crippen molar-refractivity contribution in [3.05, 3.63) is 58.4 Å². The van der Waals surface area contributed by atoms with E-state index in [9.17, 15) is 36.0 Å². The van der Waals surface area contributed by atoms with Crippen molar-refractivity contribution in [1.82, 2.24) is 10.2 Å². The second kappa shape index (κ2) is 8.87. The van der Waals surface area contributed by atoms with Crippen LogP contribution in [0.2, 0.25) is 5.02 Å². The summed E-state index contributed by atoms with van der Waals surface area (Å²) in [5.74, 6) is -5.91. The van der Waals surface area contributed by atoms with Gasteiger partial charge in [0, 0.05) is 40.9 Å². The second-order valence-electron chi connectivity index (χ2n) is 9.57. The number of benzene rings is 2. The Morgan fingerprint density at radius 3 is 2.39 bits per heavy atom. The van der Waals surface area contributed by atoms with Crippen LogP contribution in [-0.4, -0.2) is 61.7 Å². The van der Waals surface area contributed by atoms with E-state index < -0.39 is 56.0 Å². The molecule has 1 saturated heterocycles. The Labute approximate surface area is 220 Å². The molecule has 2 aromatic carbocycles. The van der Waals surface area contributed by atoms with E-state index >= 15 is 0 Å². The topological polar surface area (TPSA) is 122 Å². The van der Waals surface area contributed by atoms with E-state index in [4.69, 9.17) is 11.6 Å². The van der Waals surface area contributed by atoms with Gasteiger partial charge in [-0.25, -0.2) is 26.4 Å². The summed E-state index contributed by atoms with van der Waals surface area (Å²) in [5.41, 5.74) is -1.11. The standard InChI is InChI=1S/C24H21ClF3N3O6S/c1-10(29-23(34)37-2)22(33)31-17-8-19(24(17)9-18(24)31)38(35,36)16-5-11(3-4-13(16)25)21(32)30-12-6-14(26)20(28)15(27)7-12/h3-7,10,17-19H,8-9H2,1-2H3,(H,29,34)(H,30,32)/t10-,17?,18?,19?,24?/m0/s1. The third kappa shape index (κ3) is 3.82.